The first-order valence-electron chi connectivity index (χ1n) is 7.86. The van der Waals surface area contributed by atoms with Crippen molar-refractivity contribution >= 4 is 34.8 Å². The second kappa shape index (κ2) is 7.97. The van der Waals surface area contributed by atoms with Crippen molar-refractivity contribution in [2.24, 2.45) is 0 Å². The van der Waals surface area contributed by atoms with Crippen LogP contribution in [0.4, 0.5) is 20.2 Å². The maximum atomic E-state index is 13.2. The van der Waals surface area contributed by atoms with Crippen molar-refractivity contribution in [3.05, 3.63) is 94.5 Å². The summed E-state index contributed by atoms with van der Waals surface area (Å²) >= 11 is 5.69. The zero-order valence-corrected chi connectivity index (χ0v) is 14.6. The number of halogens is 3. The van der Waals surface area contributed by atoms with E-state index >= 15 is 0 Å². The maximum absolute atomic E-state index is 13.2. The molecule has 0 aliphatic rings. The number of hydrogen-bond acceptors (Lipinski definition) is 2. The van der Waals surface area contributed by atoms with Gasteiger partial charge in [0.1, 0.15) is 11.6 Å². The highest BCUT2D eigenvalue weighted by Crippen LogP contribution is 2.20. The van der Waals surface area contributed by atoms with Crippen LogP contribution in [-0.2, 0) is 0 Å². The molecule has 2 N–H and O–H groups in total. The zero-order chi connectivity index (χ0) is 19.4. The highest BCUT2D eigenvalue weighted by Gasteiger charge is 2.12. The summed E-state index contributed by atoms with van der Waals surface area (Å²) in [6.45, 7) is 0. The average molecular weight is 387 g/mol. The number of carbonyl (C=O) groups is 2. The van der Waals surface area contributed by atoms with E-state index in [-0.39, 0.29) is 16.1 Å². The molecule has 0 aromatic heterocycles. The van der Waals surface area contributed by atoms with Gasteiger partial charge < -0.3 is 10.6 Å². The molecule has 3 aromatic rings. The fourth-order valence-electron chi connectivity index (χ4n) is 2.32. The van der Waals surface area contributed by atoms with E-state index in [2.05, 4.69) is 10.6 Å². The first-order valence-corrected chi connectivity index (χ1v) is 8.23. The Labute approximate surface area is 158 Å². The largest absolute Gasteiger partial charge is 0.322 e. The van der Waals surface area contributed by atoms with Gasteiger partial charge in [-0.1, -0.05) is 17.7 Å². The molecule has 3 aromatic carbocycles. The van der Waals surface area contributed by atoms with E-state index in [4.69, 9.17) is 11.6 Å². The van der Waals surface area contributed by atoms with Gasteiger partial charge in [-0.2, -0.15) is 0 Å². The topological polar surface area (TPSA) is 58.2 Å². The lowest BCUT2D eigenvalue weighted by molar-refractivity contribution is 0.102. The van der Waals surface area contributed by atoms with Gasteiger partial charge in [-0.05, 0) is 60.7 Å². The summed E-state index contributed by atoms with van der Waals surface area (Å²) in [6.07, 6.45) is 0. The molecule has 0 fully saturated rings. The van der Waals surface area contributed by atoms with Gasteiger partial charge in [0.2, 0.25) is 0 Å². The van der Waals surface area contributed by atoms with Gasteiger partial charge >= 0.3 is 0 Å². The molecule has 0 atom stereocenters. The molecule has 3 rings (SSSR count). The molecule has 0 aliphatic heterocycles. The van der Waals surface area contributed by atoms with Crippen LogP contribution in [-0.4, -0.2) is 11.8 Å². The molecular weight excluding hydrogens is 374 g/mol. The summed E-state index contributed by atoms with van der Waals surface area (Å²) in [6, 6.07) is 15.2. The van der Waals surface area contributed by atoms with Crippen LogP contribution in [0.5, 0.6) is 0 Å². The van der Waals surface area contributed by atoms with Gasteiger partial charge in [-0.25, -0.2) is 8.78 Å². The third-order valence-electron chi connectivity index (χ3n) is 3.67. The Hall–Kier alpha value is -3.25. The van der Waals surface area contributed by atoms with Crippen molar-refractivity contribution in [3.63, 3.8) is 0 Å². The first kappa shape index (κ1) is 18.5. The van der Waals surface area contributed by atoms with E-state index in [0.29, 0.717) is 11.4 Å². The van der Waals surface area contributed by atoms with Crippen molar-refractivity contribution in [3.8, 4) is 0 Å². The third kappa shape index (κ3) is 4.68. The summed E-state index contributed by atoms with van der Waals surface area (Å²) < 4.78 is 26.1. The average Bonchev–Trinajstić information content (AvgIpc) is 2.66. The van der Waals surface area contributed by atoms with Crippen LogP contribution in [0.25, 0.3) is 0 Å². The van der Waals surface area contributed by atoms with E-state index in [1.807, 2.05) is 0 Å². The minimum atomic E-state index is -0.589. The Morgan fingerprint density at radius 3 is 1.89 bits per heavy atom. The van der Waals surface area contributed by atoms with E-state index in [0.717, 1.165) is 6.07 Å². The Morgan fingerprint density at radius 1 is 0.741 bits per heavy atom. The molecule has 4 nitrogen and oxygen atoms in total. The molecule has 0 saturated heterocycles. The Kier molecular flexibility index (Phi) is 5.47. The Bertz CT molecular complexity index is 1010. The Balaban J connectivity index is 1.73. The van der Waals surface area contributed by atoms with Crippen molar-refractivity contribution in [1.82, 2.24) is 0 Å². The van der Waals surface area contributed by atoms with Crippen molar-refractivity contribution in [2.75, 3.05) is 10.6 Å². The van der Waals surface area contributed by atoms with Crippen LogP contribution < -0.4 is 10.6 Å². The number of nitrogens with one attached hydrogen (secondary N) is 2. The molecule has 136 valence electrons. The molecule has 0 spiro atoms. The number of anilines is 2. The fourth-order valence-corrected chi connectivity index (χ4v) is 2.50. The predicted octanol–water partition coefficient (Wildman–Crippen LogP) is 5.12. The standard InChI is InChI=1S/C20H13ClF2N2O2/c21-17-11-16(8-9-18(17)23)25-20(27)13-3-1-2-12(10-13)19(26)24-15-6-4-14(22)5-7-15/h1-11H,(H,24,26)(H,25,27). The second-order valence-corrected chi connectivity index (χ2v) is 6.03. The lowest BCUT2D eigenvalue weighted by Crippen LogP contribution is -2.15. The monoisotopic (exact) mass is 386 g/mol. The van der Waals surface area contributed by atoms with Crippen molar-refractivity contribution in [2.45, 2.75) is 0 Å². The van der Waals surface area contributed by atoms with Crippen LogP contribution in [0.2, 0.25) is 5.02 Å². The quantitative estimate of drug-likeness (QED) is 0.653. The van der Waals surface area contributed by atoms with E-state index in [9.17, 15) is 18.4 Å². The molecule has 0 unspecified atom stereocenters. The molecule has 2 amide bonds. The zero-order valence-electron chi connectivity index (χ0n) is 13.8. The molecule has 0 bridgehead atoms. The van der Waals surface area contributed by atoms with Gasteiger partial charge in [-0.15, -0.1) is 0 Å². The summed E-state index contributed by atoms with van der Waals surface area (Å²) in [7, 11) is 0. The summed E-state index contributed by atoms with van der Waals surface area (Å²) in [5, 5.41) is 5.09. The first-order chi connectivity index (χ1) is 12.9. The van der Waals surface area contributed by atoms with E-state index in [1.54, 1.807) is 12.1 Å². The molecule has 7 heteroatoms. The molecular formula is C20H13ClF2N2O2. The third-order valence-corrected chi connectivity index (χ3v) is 3.96. The molecule has 0 aliphatic carbocycles. The number of benzene rings is 3. The molecule has 0 saturated carbocycles. The number of hydrogen-bond donors (Lipinski definition) is 2. The lowest BCUT2D eigenvalue weighted by Gasteiger charge is -2.08. The highest BCUT2D eigenvalue weighted by molar-refractivity contribution is 6.31. The van der Waals surface area contributed by atoms with Gasteiger partial charge in [0.05, 0.1) is 5.02 Å². The Morgan fingerprint density at radius 2 is 1.30 bits per heavy atom. The molecule has 27 heavy (non-hydrogen) atoms. The van der Waals surface area contributed by atoms with Crippen LogP contribution in [0.1, 0.15) is 20.7 Å². The number of carbonyl (C=O) groups excluding carboxylic acids is 2. The van der Waals surface area contributed by atoms with Gasteiger partial charge in [0.25, 0.3) is 11.8 Å². The van der Waals surface area contributed by atoms with Crippen molar-refractivity contribution in [1.29, 1.82) is 0 Å². The smallest absolute Gasteiger partial charge is 0.255 e. The fraction of sp³-hybridized carbons (Fsp3) is 0. The van der Waals surface area contributed by atoms with E-state index < -0.39 is 23.4 Å². The van der Waals surface area contributed by atoms with Gasteiger partial charge in [0.15, 0.2) is 0 Å². The summed E-state index contributed by atoms with van der Waals surface area (Å²) in [4.78, 5) is 24.7. The molecule has 0 radical (unpaired) electrons. The second-order valence-electron chi connectivity index (χ2n) is 5.62. The minimum Gasteiger partial charge on any atom is -0.322 e. The van der Waals surface area contributed by atoms with Gasteiger partial charge in [0, 0.05) is 22.5 Å². The van der Waals surface area contributed by atoms with E-state index in [1.165, 1.54) is 48.5 Å². The lowest BCUT2D eigenvalue weighted by atomic mass is 10.1. The number of amides is 2. The van der Waals surface area contributed by atoms with Crippen molar-refractivity contribution < 1.29 is 18.4 Å². The van der Waals surface area contributed by atoms with Gasteiger partial charge in [-0.3, -0.25) is 9.59 Å². The minimum absolute atomic E-state index is 0.111. The highest BCUT2D eigenvalue weighted by atomic mass is 35.5. The maximum Gasteiger partial charge on any atom is 0.255 e. The molecule has 0 heterocycles. The summed E-state index contributed by atoms with van der Waals surface area (Å²) in [5.74, 6) is -1.92. The normalized spacial score (nSPS) is 10.3. The number of rotatable bonds is 4. The van der Waals surface area contributed by atoms with Crippen LogP contribution in [0, 0.1) is 11.6 Å². The summed E-state index contributed by atoms with van der Waals surface area (Å²) in [5.41, 5.74) is 1.25. The van der Waals surface area contributed by atoms with Crippen LogP contribution >= 0.6 is 11.6 Å². The van der Waals surface area contributed by atoms with Crippen LogP contribution in [0.3, 0.4) is 0 Å². The SMILES string of the molecule is O=C(Nc1ccc(F)cc1)c1cccc(C(=O)Nc2ccc(F)c(Cl)c2)c1. The van der Waals surface area contributed by atoms with Crippen LogP contribution in [0.15, 0.2) is 66.7 Å². The predicted molar refractivity (Wildman–Crippen MR) is 100 cm³/mol.